The van der Waals surface area contributed by atoms with Gasteiger partial charge < -0.3 is 14.4 Å². The van der Waals surface area contributed by atoms with E-state index in [9.17, 15) is 9.59 Å². The van der Waals surface area contributed by atoms with E-state index < -0.39 is 12.0 Å². The third kappa shape index (κ3) is 4.83. The third-order valence-corrected chi connectivity index (χ3v) is 7.32. The molecule has 0 saturated heterocycles. The SMILES string of the molecule is CCOC(=O)C1=C(C)N=c2sc(=Cc3ccc(N(C)C)c(Br)c3)c(=O)n2C1c1ccc(OC)cc1. The lowest BCUT2D eigenvalue weighted by Crippen LogP contribution is -2.39. The highest BCUT2D eigenvalue weighted by Crippen LogP contribution is 2.31. The standard InChI is InChI=1S/C26H26BrN3O4S/c1-6-34-25(32)22-15(2)28-26-30(23(22)17-8-10-18(33-5)11-9-17)24(31)21(35-26)14-16-7-12-20(29(3)4)19(27)13-16/h7-14,23H,6H2,1-5H3. The molecule has 0 saturated carbocycles. The molecular weight excluding hydrogens is 530 g/mol. The van der Waals surface area contributed by atoms with Gasteiger partial charge in [-0.25, -0.2) is 9.79 Å². The summed E-state index contributed by atoms with van der Waals surface area (Å²) in [6.07, 6.45) is 1.85. The van der Waals surface area contributed by atoms with Crippen LogP contribution in [0.4, 0.5) is 5.69 Å². The number of hydrogen-bond acceptors (Lipinski definition) is 7. The van der Waals surface area contributed by atoms with Gasteiger partial charge in [0.1, 0.15) is 5.75 Å². The molecule has 182 valence electrons. The van der Waals surface area contributed by atoms with Gasteiger partial charge in [-0.2, -0.15) is 0 Å². The fourth-order valence-electron chi connectivity index (χ4n) is 4.02. The summed E-state index contributed by atoms with van der Waals surface area (Å²) >= 11 is 4.91. The van der Waals surface area contributed by atoms with E-state index in [-0.39, 0.29) is 12.2 Å². The number of hydrogen-bond donors (Lipinski definition) is 0. The van der Waals surface area contributed by atoms with E-state index in [0.717, 1.165) is 21.3 Å². The van der Waals surface area contributed by atoms with Crippen molar-refractivity contribution < 1.29 is 14.3 Å². The molecular formula is C26H26BrN3O4S. The second-order valence-electron chi connectivity index (χ2n) is 8.18. The van der Waals surface area contributed by atoms with Crippen molar-refractivity contribution in [3.05, 3.63) is 89.0 Å². The summed E-state index contributed by atoms with van der Waals surface area (Å²) in [7, 11) is 5.54. The van der Waals surface area contributed by atoms with Crippen molar-refractivity contribution in [3.63, 3.8) is 0 Å². The molecule has 0 fully saturated rings. The van der Waals surface area contributed by atoms with Crippen molar-refractivity contribution in [1.82, 2.24) is 4.57 Å². The molecule has 1 unspecified atom stereocenters. The maximum atomic E-state index is 13.7. The van der Waals surface area contributed by atoms with Gasteiger partial charge in [-0.3, -0.25) is 9.36 Å². The fraction of sp³-hybridized carbons (Fsp3) is 0.269. The number of halogens is 1. The summed E-state index contributed by atoms with van der Waals surface area (Å²) in [5, 5.41) is 0. The van der Waals surface area contributed by atoms with Crippen molar-refractivity contribution in [2.45, 2.75) is 19.9 Å². The van der Waals surface area contributed by atoms with Crippen molar-refractivity contribution in [2.75, 3.05) is 32.7 Å². The van der Waals surface area contributed by atoms with Crippen LogP contribution in [0.5, 0.6) is 5.75 Å². The Kier molecular flexibility index (Phi) is 7.28. The van der Waals surface area contributed by atoms with Crippen LogP contribution in [0, 0.1) is 0 Å². The number of methoxy groups -OCH3 is 1. The number of fused-ring (bicyclic) bond motifs is 1. The van der Waals surface area contributed by atoms with Gasteiger partial charge in [0, 0.05) is 18.6 Å². The van der Waals surface area contributed by atoms with Crippen molar-refractivity contribution in [2.24, 2.45) is 4.99 Å². The Morgan fingerprint density at radius 1 is 1.23 bits per heavy atom. The Bertz CT molecular complexity index is 1490. The monoisotopic (exact) mass is 555 g/mol. The average Bonchev–Trinajstić information content (AvgIpc) is 3.12. The number of ether oxygens (including phenoxy) is 2. The normalized spacial score (nSPS) is 15.5. The minimum Gasteiger partial charge on any atom is -0.497 e. The van der Waals surface area contributed by atoms with Crippen LogP contribution in [0.25, 0.3) is 6.08 Å². The number of anilines is 1. The van der Waals surface area contributed by atoms with Gasteiger partial charge in [-0.15, -0.1) is 0 Å². The molecule has 0 aliphatic carbocycles. The zero-order valence-electron chi connectivity index (χ0n) is 20.2. The molecule has 0 radical (unpaired) electrons. The number of benzene rings is 2. The first-order valence-corrected chi connectivity index (χ1v) is 12.7. The number of rotatable bonds is 6. The summed E-state index contributed by atoms with van der Waals surface area (Å²) < 4.78 is 13.7. The first-order chi connectivity index (χ1) is 16.7. The number of nitrogens with zero attached hydrogens (tertiary/aromatic N) is 3. The number of carbonyl (C=O) groups excluding carboxylic acids is 1. The predicted octanol–water partition coefficient (Wildman–Crippen LogP) is 3.64. The highest BCUT2D eigenvalue weighted by molar-refractivity contribution is 9.10. The fourth-order valence-corrected chi connectivity index (χ4v) is 5.82. The largest absolute Gasteiger partial charge is 0.497 e. The lowest BCUT2D eigenvalue weighted by molar-refractivity contribution is -0.139. The molecule has 1 atom stereocenters. The van der Waals surface area contributed by atoms with Crippen LogP contribution in [0.2, 0.25) is 0 Å². The lowest BCUT2D eigenvalue weighted by atomic mass is 9.96. The summed E-state index contributed by atoms with van der Waals surface area (Å²) in [4.78, 5) is 33.8. The van der Waals surface area contributed by atoms with Crippen LogP contribution in [0.15, 0.2) is 68.0 Å². The molecule has 9 heteroatoms. The van der Waals surface area contributed by atoms with E-state index in [1.54, 1.807) is 25.5 Å². The predicted molar refractivity (Wildman–Crippen MR) is 142 cm³/mol. The Balaban J connectivity index is 1.90. The van der Waals surface area contributed by atoms with Crippen LogP contribution in [-0.2, 0) is 9.53 Å². The van der Waals surface area contributed by atoms with E-state index >= 15 is 0 Å². The quantitative estimate of drug-likeness (QED) is 0.434. The topological polar surface area (TPSA) is 73.1 Å². The van der Waals surface area contributed by atoms with Crippen LogP contribution < -0.4 is 24.5 Å². The van der Waals surface area contributed by atoms with Crippen LogP contribution >= 0.6 is 27.3 Å². The molecule has 1 aromatic heterocycles. The molecule has 0 spiro atoms. The van der Waals surface area contributed by atoms with Crippen molar-refractivity contribution in [3.8, 4) is 5.75 Å². The maximum Gasteiger partial charge on any atom is 0.338 e. The summed E-state index contributed by atoms with van der Waals surface area (Å²) in [5.74, 6) is 0.207. The molecule has 7 nitrogen and oxygen atoms in total. The zero-order chi connectivity index (χ0) is 25.3. The Labute approximate surface area is 215 Å². The van der Waals surface area contributed by atoms with Gasteiger partial charge in [0.2, 0.25) is 0 Å². The highest BCUT2D eigenvalue weighted by Gasteiger charge is 2.33. The van der Waals surface area contributed by atoms with E-state index in [4.69, 9.17) is 9.47 Å². The van der Waals surface area contributed by atoms with Gasteiger partial charge in [-0.05, 0) is 71.2 Å². The second kappa shape index (κ2) is 10.2. The number of carbonyl (C=O) groups is 1. The van der Waals surface area contributed by atoms with Gasteiger partial charge in [0.25, 0.3) is 5.56 Å². The van der Waals surface area contributed by atoms with E-state index in [2.05, 4.69) is 20.9 Å². The first-order valence-electron chi connectivity index (χ1n) is 11.1. The Hall–Kier alpha value is -3.17. The van der Waals surface area contributed by atoms with Crippen molar-refractivity contribution in [1.29, 1.82) is 0 Å². The molecule has 0 N–H and O–H groups in total. The van der Waals surface area contributed by atoms with E-state index in [0.29, 0.717) is 26.4 Å². The summed E-state index contributed by atoms with van der Waals surface area (Å²) in [6, 6.07) is 12.6. The first kappa shape index (κ1) is 24.9. The second-order valence-corrected chi connectivity index (χ2v) is 10.0. The minimum atomic E-state index is -0.652. The molecule has 1 aliphatic heterocycles. The van der Waals surface area contributed by atoms with Gasteiger partial charge in [0.05, 0.1) is 41.2 Å². The highest BCUT2D eigenvalue weighted by atomic mass is 79.9. The average molecular weight is 556 g/mol. The molecule has 1 aliphatic rings. The minimum absolute atomic E-state index is 0.211. The molecule has 2 heterocycles. The molecule has 0 amide bonds. The van der Waals surface area contributed by atoms with Crippen LogP contribution in [-0.4, -0.2) is 38.3 Å². The molecule has 2 aromatic carbocycles. The van der Waals surface area contributed by atoms with Crippen LogP contribution in [0.1, 0.15) is 31.0 Å². The maximum absolute atomic E-state index is 13.7. The Morgan fingerprint density at radius 3 is 2.54 bits per heavy atom. The number of thiazole rings is 1. The Morgan fingerprint density at radius 2 is 1.94 bits per heavy atom. The number of allylic oxidation sites excluding steroid dienone is 1. The van der Waals surface area contributed by atoms with E-state index in [1.165, 1.54) is 11.3 Å². The third-order valence-electron chi connectivity index (χ3n) is 5.70. The number of aromatic nitrogens is 1. The van der Waals surface area contributed by atoms with Crippen molar-refractivity contribution >= 4 is 45.0 Å². The van der Waals surface area contributed by atoms with Gasteiger partial charge in [-0.1, -0.05) is 29.5 Å². The lowest BCUT2D eigenvalue weighted by Gasteiger charge is -2.24. The molecule has 4 rings (SSSR count). The summed E-state index contributed by atoms with van der Waals surface area (Å²) in [5.41, 5.74) is 3.38. The van der Waals surface area contributed by atoms with Gasteiger partial charge in [0.15, 0.2) is 4.80 Å². The molecule has 3 aromatic rings. The molecule has 35 heavy (non-hydrogen) atoms. The number of esters is 1. The molecule has 0 bridgehead atoms. The zero-order valence-corrected chi connectivity index (χ0v) is 22.6. The van der Waals surface area contributed by atoms with E-state index in [1.807, 2.05) is 67.5 Å². The van der Waals surface area contributed by atoms with Gasteiger partial charge >= 0.3 is 5.97 Å². The smallest absolute Gasteiger partial charge is 0.338 e. The summed E-state index contributed by atoms with van der Waals surface area (Å²) in [6.45, 7) is 3.76. The van der Waals surface area contributed by atoms with Crippen LogP contribution in [0.3, 0.4) is 0 Å².